The second-order valence-electron chi connectivity index (χ2n) is 8.40. The normalized spacial score (nSPS) is 19.9. The topological polar surface area (TPSA) is 0 Å². The number of hydrogen-bond donors (Lipinski definition) is 0. The van der Waals surface area contributed by atoms with Crippen LogP contribution in [0.3, 0.4) is 0 Å². The van der Waals surface area contributed by atoms with E-state index < -0.39 is 14.0 Å². The van der Waals surface area contributed by atoms with E-state index in [1.165, 1.54) is 11.1 Å². The van der Waals surface area contributed by atoms with E-state index in [1.54, 1.807) is 5.57 Å². The zero-order valence-corrected chi connectivity index (χ0v) is 13.2. The van der Waals surface area contributed by atoms with Crippen molar-refractivity contribution in [2.45, 2.75) is 37.3 Å². The van der Waals surface area contributed by atoms with Gasteiger partial charge in [0.1, 0.15) is 0 Å². The Morgan fingerprint density at radius 3 is 1.86 bits per heavy atom. The molecule has 3 heteroatoms. The molecule has 0 bridgehead atoms. The minimum absolute atomic E-state index is 0. The number of hydrogen-bond acceptors (Lipinski definition) is 0. The van der Waals surface area contributed by atoms with Crippen LogP contribution in [-0.2, 0) is 14.0 Å². The molecule has 0 amide bonds. The second-order valence-corrected chi connectivity index (χ2v) is 30.1. The third-order valence-corrected chi connectivity index (χ3v) is 5.43. The third-order valence-electron chi connectivity index (χ3n) is 1.96. The van der Waals surface area contributed by atoms with Gasteiger partial charge < -0.3 is 0 Å². The zero-order valence-electron chi connectivity index (χ0n) is 9.96. The van der Waals surface area contributed by atoms with Gasteiger partial charge >= 0.3 is 75.1 Å². The molecule has 0 aromatic rings. The fourth-order valence-corrected chi connectivity index (χ4v) is 5.71. The van der Waals surface area contributed by atoms with Gasteiger partial charge in [-0.1, -0.05) is 0 Å². The van der Waals surface area contributed by atoms with Crippen LogP contribution in [0.2, 0.25) is 30.9 Å². The first-order valence-corrected chi connectivity index (χ1v) is 13.8. The van der Waals surface area contributed by atoms with E-state index in [4.69, 9.17) is 0 Å². The van der Waals surface area contributed by atoms with Crippen molar-refractivity contribution >= 4 is 24.8 Å². The summed E-state index contributed by atoms with van der Waals surface area (Å²) in [5.74, 6) is 0. The minimum atomic E-state index is -2.50. The first kappa shape index (κ1) is 17.2. The monoisotopic (exact) mass is 274 g/mol. The van der Waals surface area contributed by atoms with Gasteiger partial charge in [-0.15, -0.1) is 24.8 Å². The quantitative estimate of drug-likeness (QED) is 0.575. The van der Waals surface area contributed by atoms with Gasteiger partial charge in [-0.05, 0) is 0 Å². The Morgan fingerprint density at radius 2 is 1.57 bits per heavy atom. The van der Waals surface area contributed by atoms with Gasteiger partial charge in [0.2, 0.25) is 0 Å². The summed E-state index contributed by atoms with van der Waals surface area (Å²) >= 11 is -2.50. The van der Waals surface area contributed by atoms with E-state index in [2.05, 4.69) is 44.4 Å². The van der Waals surface area contributed by atoms with Gasteiger partial charge in [0, 0.05) is 0 Å². The Morgan fingerprint density at radius 1 is 1.07 bits per heavy atom. The van der Waals surface area contributed by atoms with Gasteiger partial charge in [0.05, 0.1) is 0 Å². The van der Waals surface area contributed by atoms with Crippen LogP contribution in [0.1, 0.15) is 6.42 Å². The first-order chi connectivity index (χ1) is 5.05. The molecule has 0 unspecified atom stereocenters. The molecular formula is C11H24Cl2Ti. The SMILES string of the molecule is Cl.Cl.[CH3][Ti]([CH3])([CH3])([CH3])([CH3])[CH2]C1=CC=CC1. The molecule has 0 radical (unpaired) electrons. The average Bonchev–Trinajstić information content (AvgIpc) is 2.07. The van der Waals surface area contributed by atoms with Gasteiger partial charge in [-0.25, -0.2) is 0 Å². The van der Waals surface area contributed by atoms with Crippen LogP contribution in [0.15, 0.2) is 23.8 Å². The van der Waals surface area contributed by atoms with Crippen molar-refractivity contribution < 1.29 is 14.0 Å². The van der Waals surface area contributed by atoms with Crippen LogP contribution in [0.5, 0.6) is 0 Å². The summed E-state index contributed by atoms with van der Waals surface area (Å²) in [4.78, 5) is 0. The van der Waals surface area contributed by atoms with Crippen LogP contribution in [0, 0.1) is 0 Å². The molecule has 1 aliphatic carbocycles. The summed E-state index contributed by atoms with van der Waals surface area (Å²) in [6, 6.07) is 0. The van der Waals surface area contributed by atoms with E-state index in [0.717, 1.165) is 0 Å². The Balaban J connectivity index is 0. The number of allylic oxidation sites excluding steroid dienone is 4. The van der Waals surface area contributed by atoms with Crippen LogP contribution in [-0.4, -0.2) is 0 Å². The molecule has 0 nitrogen and oxygen atoms in total. The van der Waals surface area contributed by atoms with Crippen molar-refractivity contribution in [2.24, 2.45) is 0 Å². The summed E-state index contributed by atoms with van der Waals surface area (Å²) in [5, 5.41) is 12.6. The summed E-state index contributed by atoms with van der Waals surface area (Å²) in [6.07, 6.45) is 7.94. The molecule has 0 aliphatic heterocycles. The molecule has 1 rings (SSSR count). The first-order valence-electron chi connectivity index (χ1n) is 4.92. The fourth-order valence-electron chi connectivity index (χ4n) is 1.76. The van der Waals surface area contributed by atoms with Crippen molar-refractivity contribution in [1.29, 1.82) is 0 Å². The predicted octanol–water partition coefficient (Wildman–Crippen LogP) is 5.60. The fraction of sp³-hybridized carbons (Fsp3) is 0.636. The third kappa shape index (κ3) is 8.11. The molecule has 0 N–H and O–H groups in total. The van der Waals surface area contributed by atoms with Crippen LogP contribution < -0.4 is 0 Å². The molecule has 0 aromatic carbocycles. The Bertz CT molecular complexity index is 253. The number of halogens is 2. The van der Waals surface area contributed by atoms with Crippen molar-refractivity contribution in [1.82, 2.24) is 0 Å². The van der Waals surface area contributed by atoms with E-state index in [1.807, 2.05) is 0 Å². The number of rotatable bonds is 2. The molecular weight excluding hydrogens is 251 g/mol. The van der Waals surface area contributed by atoms with Crippen molar-refractivity contribution in [3.8, 4) is 0 Å². The Hall–Kier alpha value is 0.774. The van der Waals surface area contributed by atoms with Crippen molar-refractivity contribution in [2.75, 3.05) is 0 Å². The average molecular weight is 275 g/mol. The van der Waals surface area contributed by atoms with Gasteiger partial charge in [-0.2, -0.15) is 0 Å². The summed E-state index contributed by atoms with van der Waals surface area (Å²) in [6.45, 7) is 0. The Kier molecular flexibility index (Phi) is 4.88. The van der Waals surface area contributed by atoms with Crippen molar-refractivity contribution in [3.63, 3.8) is 0 Å². The molecule has 1 aliphatic rings. The molecule has 0 heterocycles. The standard InChI is InChI=1S/C6H7.5CH3.2ClH.Ti/c1-6-4-2-3-5-6;;;;;;;;/h2-4H,1,5H2;5*1H3;2*1H;. The summed E-state index contributed by atoms with van der Waals surface area (Å²) in [5.41, 5.74) is 1.64. The molecule has 0 fully saturated rings. The maximum atomic E-state index is 2.51. The molecule has 0 atom stereocenters. The van der Waals surface area contributed by atoms with E-state index in [9.17, 15) is 0 Å². The molecule has 0 saturated carbocycles. The molecule has 0 aromatic heterocycles. The molecule has 0 spiro atoms. The molecule has 14 heavy (non-hydrogen) atoms. The molecule has 0 saturated heterocycles. The van der Waals surface area contributed by atoms with Gasteiger partial charge in [-0.3, -0.25) is 0 Å². The zero-order chi connectivity index (χ0) is 9.52. The van der Waals surface area contributed by atoms with Crippen LogP contribution in [0.25, 0.3) is 0 Å². The van der Waals surface area contributed by atoms with Crippen LogP contribution in [0.4, 0.5) is 0 Å². The predicted molar refractivity (Wildman–Crippen MR) is 70.5 cm³/mol. The van der Waals surface area contributed by atoms with Crippen LogP contribution >= 0.6 is 24.8 Å². The van der Waals surface area contributed by atoms with E-state index >= 15 is 0 Å². The maximum absolute atomic E-state index is 2.51. The molecule has 86 valence electrons. The van der Waals surface area contributed by atoms with Gasteiger partial charge in [0.25, 0.3) is 0 Å². The van der Waals surface area contributed by atoms with E-state index in [0.29, 0.717) is 0 Å². The summed E-state index contributed by atoms with van der Waals surface area (Å²) in [7, 11) is 0. The van der Waals surface area contributed by atoms with E-state index in [-0.39, 0.29) is 24.8 Å². The summed E-state index contributed by atoms with van der Waals surface area (Å²) < 4.78 is 1.35. The van der Waals surface area contributed by atoms with Gasteiger partial charge in [0.15, 0.2) is 0 Å². The van der Waals surface area contributed by atoms with Crippen molar-refractivity contribution in [3.05, 3.63) is 23.8 Å². The second kappa shape index (κ2) is 3.98. The Labute approximate surface area is 99.5 Å².